The van der Waals surface area contributed by atoms with E-state index >= 15 is 0 Å². The van der Waals surface area contributed by atoms with Crippen LogP contribution in [0, 0.1) is 0 Å². The summed E-state index contributed by atoms with van der Waals surface area (Å²) in [6, 6.07) is 10.5. The van der Waals surface area contributed by atoms with E-state index in [9.17, 15) is 0 Å². The molecule has 2 unspecified atom stereocenters. The summed E-state index contributed by atoms with van der Waals surface area (Å²) in [5.41, 5.74) is 16.4. The number of halogens is 2. The van der Waals surface area contributed by atoms with Crippen LogP contribution in [0.1, 0.15) is 183 Å². The number of fused-ring (bicyclic) bond motifs is 2. The molecule has 44 heavy (non-hydrogen) atoms. The first-order valence-electron chi connectivity index (χ1n) is 17.4. The molecule has 4 heteroatoms. The topological polar surface area (TPSA) is 0 Å². The first kappa shape index (κ1) is 39.8. The normalized spacial score (nSPS) is 17.9. The van der Waals surface area contributed by atoms with Crippen LogP contribution in [-0.4, -0.2) is 6.88 Å². The van der Waals surface area contributed by atoms with E-state index in [0.29, 0.717) is 30.9 Å². The van der Waals surface area contributed by atoms with E-state index in [1.807, 2.05) is 0 Å². The van der Waals surface area contributed by atoms with Crippen LogP contribution in [0.3, 0.4) is 0 Å². The molecule has 246 valence electrons. The van der Waals surface area contributed by atoms with Crippen LogP contribution in [0.2, 0.25) is 9.26 Å². The van der Waals surface area contributed by atoms with Crippen LogP contribution < -0.4 is 0 Å². The fourth-order valence-electron chi connectivity index (χ4n) is 8.42. The Bertz CT molecular complexity index is 1350. The van der Waals surface area contributed by atoms with Gasteiger partial charge in [0.1, 0.15) is 0 Å². The van der Waals surface area contributed by atoms with Gasteiger partial charge in [0.25, 0.3) is 0 Å². The van der Waals surface area contributed by atoms with E-state index in [0.717, 1.165) is 0 Å². The van der Waals surface area contributed by atoms with Crippen molar-refractivity contribution < 1.29 is 17.4 Å². The van der Waals surface area contributed by atoms with Crippen molar-refractivity contribution >= 4 is 43.8 Å². The molecule has 0 nitrogen and oxygen atoms in total. The summed E-state index contributed by atoms with van der Waals surface area (Å²) in [6.45, 7) is 26.5. The average molecular weight is 735 g/mol. The SMILES string of the molecule is CCCCC1=Cc2c(C(C)C)cc(C(C)C)cc2[CH]1[Zr]([CH3])([CH3])(=[SiH2])[CH]1C(CCCC)=Cc2c(C(C)C)cc(C(C)C)cc21.Cl.Cl. The second-order valence-electron chi connectivity index (χ2n) is 16.3. The van der Waals surface area contributed by atoms with Gasteiger partial charge in [-0.05, 0) is 0 Å². The monoisotopic (exact) mass is 732 g/mol. The van der Waals surface area contributed by atoms with Crippen molar-refractivity contribution in [2.45, 2.75) is 148 Å². The van der Waals surface area contributed by atoms with Crippen molar-refractivity contribution in [2.24, 2.45) is 0 Å². The van der Waals surface area contributed by atoms with Gasteiger partial charge in [0.15, 0.2) is 0 Å². The first-order valence-corrected chi connectivity index (χ1v) is 31.1. The molecule has 0 aromatic heterocycles. The number of benzene rings is 2. The van der Waals surface area contributed by atoms with Gasteiger partial charge in [-0.25, -0.2) is 0 Å². The zero-order valence-corrected chi connectivity index (χ0v) is 35.7. The minimum atomic E-state index is -3.65. The van der Waals surface area contributed by atoms with E-state index in [1.165, 1.54) is 38.5 Å². The van der Waals surface area contributed by atoms with Gasteiger partial charge in [0.2, 0.25) is 0 Å². The molecule has 0 amide bonds. The Morgan fingerprint density at radius 1 is 0.591 bits per heavy atom. The number of rotatable bonds is 12. The Labute approximate surface area is 287 Å². The maximum Gasteiger partial charge on any atom is -0.147 e. The molecule has 0 heterocycles. The van der Waals surface area contributed by atoms with E-state index in [2.05, 4.69) is 122 Å². The summed E-state index contributed by atoms with van der Waals surface area (Å²) in [5, 5.41) is 0. The van der Waals surface area contributed by atoms with Crippen LogP contribution in [0.5, 0.6) is 0 Å². The van der Waals surface area contributed by atoms with Crippen molar-refractivity contribution in [2.75, 3.05) is 0 Å². The summed E-state index contributed by atoms with van der Waals surface area (Å²) in [7, 11) is 0. The molecule has 0 N–H and O–H groups in total. The Morgan fingerprint density at radius 3 is 1.20 bits per heavy atom. The van der Waals surface area contributed by atoms with E-state index < -0.39 is 17.4 Å². The molecule has 2 atom stereocenters. The van der Waals surface area contributed by atoms with Crippen LogP contribution in [0.15, 0.2) is 35.4 Å². The van der Waals surface area contributed by atoms with Crippen LogP contribution in [-0.2, 0) is 17.4 Å². The minimum absolute atomic E-state index is 0. The third-order valence-electron chi connectivity index (χ3n) is 10.7. The Kier molecular flexibility index (Phi) is 13.8. The van der Waals surface area contributed by atoms with Crippen LogP contribution in [0.25, 0.3) is 12.2 Å². The molecule has 0 bridgehead atoms. The maximum absolute atomic E-state index is 3.65. The Hall–Kier alpha value is -0.400. The third-order valence-corrected chi connectivity index (χ3v) is 28.2. The predicted molar refractivity (Wildman–Crippen MR) is 204 cm³/mol. The second-order valence-corrected chi connectivity index (χ2v) is 46.8. The Balaban J connectivity index is 0.00000337. The molecule has 0 radical (unpaired) electrons. The van der Waals surface area contributed by atoms with Crippen LogP contribution >= 0.6 is 24.8 Å². The molecule has 4 rings (SSSR count). The number of hydrogen-bond acceptors (Lipinski definition) is 0. The van der Waals surface area contributed by atoms with Crippen molar-refractivity contribution in [3.05, 3.63) is 79.9 Å². The number of hydrogen-bond donors (Lipinski definition) is 0. The molecule has 0 aliphatic heterocycles. The summed E-state index contributed by atoms with van der Waals surface area (Å²) in [6.07, 6.45) is 13.1. The average Bonchev–Trinajstić information content (AvgIpc) is 3.48. The smallest absolute Gasteiger partial charge is 0.147 e. The predicted octanol–water partition coefficient (Wildman–Crippen LogP) is 13.3. The zero-order chi connectivity index (χ0) is 31.2. The molecule has 2 aliphatic rings. The zero-order valence-electron chi connectivity index (χ0n) is 30.2. The molecular weight excluding hydrogens is 671 g/mol. The largest absolute Gasteiger partial charge is 0.147 e. The number of allylic oxidation sites excluding steroid dienone is 2. The summed E-state index contributed by atoms with van der Waals surface area (Å²) in [5.74, 6) is 2.19. The van der Waals surface area contributed by atoms with Crippen molar-refractivity contribution in [3.8, 4) is 0 Å². The van der Waals surface area contributed by atoms with Gasteiger partial charge in [-0.2, -0.15) is 0 Å². The molecule has 0 saturated carbocycles. The van der Waals surface area contributed by atoms with Gasteiger partial charge in [-0.3, -0.25) is 0 Å². The van der Waals surface area contributed by atoms with Crippen molar-refractivity contribution in [1.82, 2.24) is 0 Å². The van der Waals surface area contributed by atoms with Gasteiger partial charge < -0.3 is 0 Å². The van der Waals surface area contributed by atoms with Crippen LogP contribution in [0.4, 0.5) is 0 Å². The molecule has 0 spiro atoms. The first-order chi connectivity index (χ1) is 19.6. The molecule has 2 aliphatic carbocycles. The molecule has 0 fully saturated rings. The van der Waals surface area contributed by atoms with E-state index in [-0.39, 0.29) is 24.8 Å². The molecule has 0 saturated heterocycles. The summed E-state index contributed by atoms with van der Waals surface area (Å²) < 4.78 is 6.97. The molecule has 2 aromatic rings. The van der Waals surface area contributed by atoms with Gasteiger partial charge in [0.05, 0.1) is 0 Å². The van der Waals surface area contributed by atoms with Gasteiger partial charge in [-0.15, -0.1) is 24.8 Å². The molecule has 2 aromatic carbocycles. The number of unbranched alkanes of at least 4 members (excludes halogenated alkanes) is 2. The standard InChI is InChI=1S/2C19H27.2CH3.2ClH.H2Si.Zr/c2*1-6-7-8-15-9-17-11-16(13(2)3)12-18(14(4)5)19(17)10-15;;;;;;/h2*9-14H,6-8H2,1-5H3;2*1H3;2*1H;1H2;. The van der Waals surface area contributed by atoms with Crippen molar-refractivity contribution in [1.29, 1.82) is 0 Å². The van der Waals surface area contributed by atoms with Crippen molar-refractivity contribution in [3.63, 3.8) is 0 Å². The van der Waals surface area contributed by atoms with Gasteiger partial charge in [0, 0.05) is 0 Å². The maximum atomic E-state index is 2.87. The van der Waals surface area contributed by atoms with E-state index in [4.69, 9.17) is 0 Å². The second kappa shape index (κ2) is 15.2. The quantitative estimate of drug-likeness (QED) is 0.191. The fourth-order valence-corrected chi connectivity index (χ4v) is 28.2. The molecular formula is C40H64Cl2SiZr. The Morgan fingerprint density at radius 2 is 0.932 bits per heavy atom. The van der Waals surface area contributed by atoms with E-state index in [1.54, 1.807) is 55.7 Å². The third kappa shape index (κ3) is 7.50. The van der Waals surface area contributed by atoms with Gasteiger partial charge >= 0.3 is 264 Å². The van der Waals surface area contributed by atoms with Gasteiger partial charge in [-0.1, -0.05) is 0 Å². The summed E-state index contributed by atoms with van der Waals surface area (Å²) >= 11 is -3.65. The summed E-state index contributed by atoms with van der Waals surface area (Å²) in [4.78, 5) is 0. The minimum Gasteiger partial charge on any atom is -0.147 e. The fraction of sp³-hybridized carbons (Fsp3) is 0.600.